The lowest BCUT2D eigenvalue weighted by Crippen LogP contribution is -2.46. The average molecular weight is 404 g/mol. The molecule has 0 spiro atoms. The third kappa shape index (κ3) is 5.25. The molecular weight excluding hydrogens is 384 g/mol. The van der Waals surface area contributed by atoms with Crippen LogP contribution in [0, 0.1) is 17.6 Å². The fraction of sp³-hybridized carbons (Fsp3) is 0.667. The SMILES string of the molecule is CCCC1CCC(c2cc(F)c(OC(F)(F)C(F)C(F)(F)F)c(F)c2)CC1. The standard InChI is InChI=1S/C18H20F8O/c1-2-3-10-4-6-11(7-5-10)12-8-13(19)15(14(20)9-12)27-18(25,26)16(21)17(22,23)24/h8-11,16H,2-7H2,1H3. The molecule has 0 aliphatic heterocycles. The molecule has 2 rings (SSSR count). The lowest BCUT2D eigenvalue weighted by atomic mass is 9.77. The van der Waals surface area contributed by atoms with Crippen molar-refractivity contribution < 1.29 is 39.9 Å². The zero-order chi connectivity index (χ0) is 20.4. The highest BCUT2D eigenvalue weighted by Crippen LogP contribution is 2.41. The number of ether oxygens (including phenoxy) is 1. The number of rotatable bonds is 6. The molecule has 0 saturated heterocycles. The Morgan fingerprint density at radius 3 is 1.96 bits per heavy atom. The van der Waals surface area contributed by atoms with Crippen LogP contribution in [-0.4, -0.2) is 18.5 Å². The summed E-state index contributed by atoms with van der Waals surface area (Å²) in [6.07, 6.45) is -10.9. The van der Waals surface area contributed by atoms with Gasteiger partial charge in [0.15, 0.2) is 17.4 Å². The molecule has 1 aliphatic rings. The molecular formula is C18H20F8O. The minimum absolute atomic E-state index is 0.180. The molecule has 1 nitrogen and oxygen atoms in total. The summed E-state index contributed by atoms with van der Waals surface area (Å²) < 4.78 is 107. The zero-order valence-corrected chi connectivity index (χ0v) is 14.6. The third-order valence-corrected chi connectivity index (χ3v) is 4.86. The van der Waals surface area contributed by atoms with Crippen LogP contribution in [0.15, 0.2) is 12.1 Å². The first kappa shape index (κ1) is 21.8. The van der Waals surface area contributed by atoms with E-state index < -0.39 is 35.8 Å². The van der Waals surface area contributed by atoms with Crippen molar-refractivity contribution in [1.82, 2.24) is 0 Å². The van der Waals surface area contributed by atoms with Crippen LogP contribution in [0.1, 0.15) is 56.9 Å². The Kier molecular flexibility index (Phi) is 6.63. The van der Waals surface area contributed by atoms with E-state index in [-0.39, 0.29) is 11.5 Å². The Balaban J connectivity index is 2.16. The number of hydrogen-bond acceptors (Lipinski definition) is 1. The number of alkyl halides is 6. The fourth-order valence-electron chi connectivity index (χ4n) is 3.48. The van der Waals surface area contributed by atoms with Crippen LogP contribution in [0.5, 0.6) is 5.75 Å². The molecule has 9 heteroatoms. The van der Waals surface area contributed by atoms with Crippen molar-refractivity contribution in [2.24, 2.45) is 5.92 Å². The molecule has 0 aromatic heterocycles. The van der Waals surface area contributed by atoms with Crippen LogP contribution in [-0.2, 0) is 0 Å². The summed E-state index contributed by atoms with van der Waals surface area (Å²) in [5, 5.41) is 0. The van der Waals surface area contributed by atoms with E-state index >= 15 is 0 Å². The van der Waals surface area contributed by atoms with Crippen molar-refractivity contribution in [1.29, 1.82) is 0 Å². The largest absolute Gasteiger partial charge is 0.439 e. The van der Waals surface area contributed by atoms with Gasteiger partial charge in [-0.25, -0.2) is 13.2 Å². The van der Waals surface area contributed by atoms with Gasteiger partial charge in [-0.2, -0.15) is 22.0 Å². The molecule has 0 amide bonds. The van der Waals surface area contributed by atoms with Crippen molar-refractivity contribution >= 4 is 0 Å². The molecule has 0 heterocycles. The Hall–Kier alpha value is -1.54. The van der Waals surface area contributed by atoms with Gasteiger partial charge in [-0.3, -0.25) is 0 Å². The number of benzene rings is 1. The monoisotopic (exact) mass is 404 g/mol. The Bertz CT molecular complexity index is 612. The maximum Gasteiger partial charge on any atom is 0.439 e. The highest BCUT2D eigenvalue weighted by atomic mass is 19.4. The van der Waals surface area contributed by atoms with Crippen LogP contribution >= 0.6 is 0 Å². The van der Waals surface area contributed by atoms with E-state index in [4.69, 9.17) is 0 Å². The average Bonchev–Trinajstić information content (AvgIpc) is 2.57. The molecule has 0 bridgehead atoms. The Morgan fingerprint density at radius 1 is 1.00 bits per heavy atom. The molecule has 1 atom stereocenters. The molecule has 154 valence electrons. The van der Waals surface area contributed by atoms with Gasteiger partial charge in [-0.1, -0.05) is 19.8 Å². The van der Waals surface area contributed by atoms with Crippen LogP contribution < -0.4 is 4.74 Å². The fourth-order valence-corrected chi connectivity index (χ4v) is 3.48. The molecule has 27 heavy (non-hydrogen) atoms. The molecule has 1 aromatic carbocycles. The summed E-state index contributed by atoms with van der Waals surface area (Å²) in [6, 6.07) is 1.53. The van der Waals surface area contributed by atoms with E-state index in [9.17, 15) is 35.1 Å². The quantitative estimate of drug-likeness (QED) is 0.468. The van der Waals surface area contributed by atoms with E-state index in [1.54, 1.807) is 0 Å². The summed E-state index contributed by atoms with van der Waals surface area (Å²) in [4.78, 5) is 0. The van der Waals surface area contributed by atoms with Gasteiger partial charge in [0, 0.05) is 0 Å². The topological polar surface area (TPSA) is 9.23 Å². The van der Waals surface area contributed by atoms with Crippen molar-refractivity contribution in [2.45, 2.75) is 69.8 Å². The molecule has 1 aromatic rings. The Labute approximate surface area is 151 Å². The van der Waals surface area contributed by atoms with Crippen LogP contribution in [0.4, 0.5) is 35.1 Å². The summed E-state index contributed by atoms with van der Waals surface area (Å²) in [5.74, 6) is -4.55. The maximum absolute atomic E-state index is 14.1. The summed E-state index contributed by atoms with van der Waals surface area (Å²) >= 11 is 0. The second-order valence-electron chi connectivity index (χ2n) is 6.89. The van der Waals surface area contributed by atoms with E-state index in [1.165, 1.54) is 0 Å². The van der Waals surface area contributed by atoms with E-state index in [1.807, 2.05) is 0 Å². The zero-order valence-electron chi connectivity index (χ0n) is 14.6. The first-order valence-electron chi connectivity index (χ1n) is 8.72. The normalized spacial score (nSPS) is 22.6. The van der Waals surface area contributed by atoms with Gasteiger partial charge in [0.25, 0.3) is 6.17 Å². The van der Waals surface area contributed by atoms with Gasteiger partial charge in [-0.15, -0.1) is 0 Å². The van der Waals surface area contributed by atoms with E-state index in [2.05, 4.69) is 11.7 Å². The van der Waals surface area contributed by atoms with Gasteiger partial charge in [0.2, 0.25) is 0 Å². The molecule has 1 saturated carbocycles. The predicted octanol–water partition coefficient (Wildman–Crippen LogP) is 6.91. The van der Waals surface area contributed by atoms with Crippen molar-refractivity contribution in [2.75, 3.05) is 0 Å². The van der Waals surface area contributed by atoms with Crippen molar-refractivity contribution in [3.05, 3.63) is 29.3 Å². The molecule has 1 aliphatic carbocycles. The number of hydrogen-bond donors (Lipinski definition) is 0. The summed E-state index contributed by atoms with van der Waals surface area (Å²) in [7, 11) is 0. The van der Waals surface area contributed by atoms with Crippen LogP contribution in [0.3, 0.4) is 0 Å². The van der Waals surface area contributed by atoms with Gasteiger partial charge in [0.05, 0.1) is 0 Å². The second-order valence-corrected chi connectivity index (χ2v) is 6.89. The van der Waals surface area contributed by atoms with E-state index in [0.717, 1.165) is 37.8 Å². The van der Waals surface area contributed by atoms with E-state index in [0.29, 0.717) is 18.8 Å². The minimum atomic E-state index is -5.94. The first-order chi connectivity index (χ1) is 12.5. The molecule has 0 radical (unpaired) electrons. The maximum atomic E-state index is 14.1. The predicted molar refractivity (Wildman–Crippen MR) is 82.5 cm³/mol. The lowest BCUT2D eigenvalue weighted by molar-refractivity contribution is -0.306. The molecule has 1 fully saturated rings. The van der Waals surface area contributed by atoms with Crippen LogP contribution in [0.25, 0.3) is 0 Å². The summed E-state index contributed by atoms with van der Waals surface area (Å²) in [5.41, 5.74) is 0.225. The first-order valence-corrected chi connectivity index (χ1v) is 8.72. The third-order valence-electron chi connectivity index (χ3n) is 4.86. The number of halogens is 8. The van der Waals surface area contributed by atoms with Crippen molar-refractivity contribution in [3.63, 3.8) is 0 Å². The highest BCUT2D eigenvalue weighted by Gasteiger charge is 2.59. The van der Waals surface area contributed by atoms with Gasteiger partial charge >= 0.3 is 12.3 Å². The summed E-state index contributed by atoms with van der Waals surface area (Å²) in [6.45, 7) is 2.06. The van der Waals surface area contributed by atoms with Crippen LogP contribution in [0.2, 0.25) is 0 Å². The lowest BCUT2D eigenvalue weighted by Gasteiger charge is -2.29. The van der Waals surface area contributed by atoms with Gasteiger partial charge in [0.1, 0.15) is 0 Å². The Morgan fingerprint density at radius 2 is 1.52 bits per heavy atom. The van der Waals surface area contributed by atoms with Crippen molar-refractivity contribution in [3.8, 4) is 5.75 Å². The minimum Gasteiger partial charge on any atom is -0.424 e. The molecule has 1 unspecified atom stereocenters. The van der Waals surface area contributed by atoms with Gasteiger partial charge < -0.3 is 4.74 Å². The highest BCUT2D eigenvalue weighted by molar-refractivity contribution is 5.33. The smallest absolute Gasteiger partial charge is 0.424 e. The molecule has 0 N–H and O–H groups in total. The van der Waals surface area contributed by atoms with Gasteiger partial charge in [-0.05, 0) is 55.2 Å². The second kappa shape index (κ2) is 8.22.